The van der Waals surface area contributed by atoms with E-state index in [1.807, 2.05) is 0 Å². The van der Waals surface area contributed by atoms with Gasteiger partial charge in [0.2, 0.25) is 0 Å². The number of hydrogen-bond acceptors (Lipinski definition) is 6. The van der Waals surface area contributed by atoms with Crippen LogP contribution in [0.5, 0.6) is 0 Å². The van der Waals surface area contributed by atoms with Crippen LogP contribution in [0.15, 0.2) is 27.5 Å². The Morgan fingerprint density at radius 3 is 2.84 bits per heavy atom. The molecule has 0 saturated carbocycles. The molecule has 0 spiro atoms. The number of nitrogens with zero attached hydrogens (tertiary/aromatic N) is 2. The molecule has 0 saturated heterocycles. The average molecular weight is 432 g/mol. The van der Waals surface area contributed by atoms with Crippen LogP contribution in [0.4, 0.5) is 11.4 Å². The first-order valence-corrected chi connectivity index (χ1v) is 8.35. The Labute approximate surface area is 156 Å². The van der Waals surface area contributed by atoms with Crippen molar-refractivity contribution in [3.63, 3.8) is 0 Å². The Balaban J connectivity index is 2.45. The minimum atomic E-state index is -0.664. The predicted octanol–water partition coefficient (Wildman–Crippen LogP) is 1.90. The zero-order valence-corrected chi connectivity index (χ0v) is 15.8. The van der Waals surface area contributed by atoms with Crippen molar-refractivity contribution in [3.05, 3.63) is 49.3 Å². The summed E-state index contributed by atoms with van der Waals surface area (Å²) in [4.78, 5) is 29.3. The highest BCUT2D eigenvalue weighted by Gasteiger charge is 2.20. The van der Waals surface area contributed by atoms with Crippen molar-refractivity contribution in [3.8, 4) is 0 Å². The van der Waals surface area contributed by atoms with Crippen LogP contribution in [0, 0.1) is 6.92 Å². The molecule has 25 heavy (non-hydrogen) atoms. The van der Waals surface area contributed by atoms with Crippen LogP contribution in [0.3, 0.4) is 0 Å². The molecule has 0 bridgehead atoms. The Bertz CT molecular complexity index is 856. The summed E-state index contributed by atoms with van der Waals surface area (Å²) in [6, 6.07) is 5.15. The molecular formula is C15H16BrClN4O4. The van der Waals surface area contributed by atoms with Crippen molar-refractivity contribution in [2.24, 2.45) is 7.05 Å². The van der Waals surface area contributed by atoms with Crippen LogP contribution in [0.2, 0.25) is 5.02 Å². The first kappa shape index (κ1) is 19.4. The molecule has 134 valence electrons. The smallest absolute Gasteiger partial charge is 0.297 e. The topological polar surface area (TPSA) is 105 Å². The second-order valence-electron chi connectivity index (χ2n) is 5.03. The average Bonchev–Trinajstić information content (AvgIpc) is 2.57. The molecule has 3 N–H and O–H groups in total. The lowest BCUT2D eigenvalue weighted by molar-refractivity contribution is 0.0164. The van der Waals surface area contributed by atoms with Crippen molar-refractivity contribution in [2.45, 2.75) is 6.92 Å². The number of aromatic nitrogens is 2. The molecule has 2 aromatic rings. The number of halogens is 2. The van der Waals surface area contributed by atoms with Crippen LogP contribution in [-0.4, -0.2) is 34.0 Å². The monoisotopic (exact) mass is 430 g/mol. The quantitative estimate of drug-likeness (QED) is 0.476. The summed E-state index contributed by atoms with van der Waals surface area (Å²) in [5.41, 5.74) is 2.79. The van der Waals surface area contributed by atoms with Gasteiger partial charge in [-0.1, -0.05) is 27.5 Å². The zero-order chi connectivity index (χ0) is 18.6. The Morgan fingerprint density at radius 1 is 1.48 bits per heavy atom. The molecule has 8 nitrogen and oxygen atoms in total. The van der Waals surface area contributed by atoms with Crippen LogP contribution in [-0.2, 0) is 11.9 Å². The van der Waals surface area contributed by atoms with Crippen LogP contribution in [0.25, 0.3) is 0 Å². The van der Waals surface area contributed by atoms with E-state index in [2.05, 4.69) is 31.8 Å². The lowest BCUT2D eigenvalue weighted by Crippen LogP contribution is -2.32. The predicted molar refractivity (Wildman–Crippen MR) is 97.2 cm³/mol. The summed E-state index contributed by atoms with van der Waals surface area (Å²) in [6.45, 7) is 1.25. The number of carbonyl (C=O) groups is 1. The van der Waals surface area contributed by atoms with Gasteiger partial charge in [0.05, 0.1) is 29.6 Å². The van der Waals surface area contributed by atoms with Gasteiger partial charge in [-0.3, -0.25) is 14.4 Å². The first-order valence-electron chi connectivity index (χ1n) is 7.18. The van der Waals surface area contributed by atoms with Gasteiger partial charge in [0.25, 0.3) is 11.5 Å². The van der Waals surface area contributed by atoms with E-state index in [1.54, 1.807) is 25.1 Å². The zero-order valence-electron chi connectivity index (χ0n) is 13.5. The molecule has 0 unspecified atom stereocenters. The van der Waals surface area contributed by atoms with Gasteiger partial charge in [-0.25, -0.2) is 10.2 Å². The van der Waals surface area contributed by atoms with E-state index in [-0.39, 0.29) is 30.2 Å². The molecule has 0 aliphatic heterocycles. The van der Waals surface area contributed by atoms with E-state index in [9.17, 15) is 9.59 Å². The Hall–Kier alpha value is -1.94. The number of benzene rings is 1. The second kappa shape index (κ2) is 8.43. The van der Waals surface area contributed by atoms with Gasteiger partial charge in [-0.05, 0) is 25.1 Å². The highest BCUT2D eigenvalue weighted by molar-refractivity contribution is 9.10. The Kier molecular flexibility index (Phi) is 6.54. The fourth-order valence-corrected chi connectivity index (χ4v) is 2.74. The molecule has 0 fully saturated rings. The maximum Gasteiger partial charge on any atom is 0.297 e. The molecule has 0 radical (unpaired) electrons. The van der Waals surface area contributed by atoms with Crippen LogP contribution >= 0.6 is 27.5 Å². The number of aliphatic hydroxyl groups is 1. The summed E-state index contributed by atoms with van der Waals surface area (Å²) in [6.07, 6.45) is 0. The molecule has 2 rings (SSSR count). The minimum Gasteiger partial charge on any atom is -0.394 e. The number of anilines is 2. The molecule has 0 atom stereocenters. The first-order chi connectivity index (χ1) is 11.8. The highest BCUT2D eigenvalue weighted by Crippen LogP contribution is 2.30. The maximum atomic E-state index is 12.3. The van der Waals surface area contributed by atoms with Crippen LogP contribution in [0.1, 0.15) is 16.1 Å². The van der Waals surface area contributed by atoms with Gasteiger partial charge in [0, 0.05) is 17.1 Å². The van der Waals surface area contributed by atoms with Crippen molar-refractivity contribution < 1.29 is 14.7 Å². The molecule has 1 heterocycles. The van der Waals surface area contributed by atoms with E-state index in [1.165, 1.54) is 7.05 Å². The van der Waals surface area contributed by atoms with E-state index in [0.717, 1.165) is 9.15 Å². The summed E-state index contributed by atoms with van der Waals surface area (Å²) >= 11 is 9.50. The van der Waals surface area contributed by atoms with E-state index in [4.69, 9.17) is 21.5 Å². The van der Waals surface area contributed by atoms with Crippen molar-refractivity contribution in [1.82, 2.24) is 15.3 Å². The molecular weight excluding hydrogens is 416 g/mol. The standard InChI is InChI=1S/C15H16BrClN4O4/c1-8-12(18-11-4-3-9(16)7-10(11)17)13(19-21(2)15(8)24)14(23)20-25-6-5-22/h3-4,7,18,22H,5-6H2,1-2H3,(H,20,23). The van der Waals surface area contributed by atoms with Gasteiger partial charge in [-0.2, -0.15) is 5.10 Å². The van der Waals surface area contributed by atoms with Gasteiger partial charge in [-0.15, -0.1) is 0 Å². The van der Waals surface area contributed by atoms with E-state index < -0.39 is 5.91 Å². The van der Waals surface area contributed by atoms with Crippen molar-refractivity contribution >= 4 is 44.8 Å². The summed E-state index contributed by atoms with van der Waals surface area (Å²) < 4.78 is 1.85. The number of aryl methyl sites for hydroxylation is 1. The van der Waals surface area contributed by atoms with Crippen LogP contribution < -0.4 is 16.4 Å². The fraction of sp³-hybridized carbons (Fsp3) is 0.267. The number of hydroxylamine groups is 1. The molecule has 0 aliphatic carbocycles. The second-order valence-corrected chi connectivity index (χ2v) is 6.35. The van der Waals surface area contributed by atoms with Gasteiger partial charge < -0.3 is 10.4 Å². The molecule has 0 aliphatic rings. The van der Waals surface area contributed by atoms with Crippen molar-refractivity contribution in [1.29, 1.82) is 0 Å². The fourth-order valence-electron chi connectivity index (χ4n) is 2.02. The van der Waals surface area contributed by atoms with E-state index in [0.29, 0.717) is 16.3 Å². The third-order valence-electron chi connectivity index (χ3n) is 3.24. The molecule has 1 aromatic heterocycles. The lowest BCUT2D eigenvalue weighted by atomic mass is 10.2. The maximum absolute atomic E-state index is 12.3. The summed E-state index contributed by atoms with van der Waals surface area (Å²) in [5.74, 6) is -0.664. The van der Waals surface area contributed by atoms with Gasteiger partial charge >= 0.3 is 0 Å². The minimum absolute atomic E-state index is 0.0449. The number of carbonyl (C=O) groups excluding carboxylic acids is 1. The number of rotatable bonds is 6. The summed E-state index contributed by atoms with van der Waals surface area (Å²) in [5, 5.41) is 16.1. The molecule has 1 aromatic carbocycles. The number of amides is 1. The molecule has 1 amide bonds. The highest BCUT2D eigenvalue weighted by atomic mass is 79.9. The third-order valence-corrected chi connectivity index (χ3v) is 4.05. The van der Waals surface area contributed by atoms with Crippen molar-refractivity contribution in [2.75, 3.05) is 18.5 Å². The third kappa shape index (κ3) is 4.57. The molecule has 10 heteroatoms. The number of nitrogens with one attached hydrogen (secondary N) is 2. The van der Waals surface area contributed by atoms with Gasteiger partial charge in [0.15, 0.2) is 5.69 Å². The van der Waals surface area contributed by atoms with Gasteiger partial charge in [0.1, 0.15) is 0 Å². The number of aliphatic hydroxyl groups excluding tert-OH is 1. The largest absolute Gasteiger partial charge is 0.394 e. The Morgan fingerprint density at radius 2 is 2.20 bits per heavy atom. The summed E-state index contributed by atoms with van der Waals surface area (Å²) in [7, 11) is 1.44. The lowest BCUT2D eigenvalue weighted by Gasteiger charge is -2.15. The SMILES string of the molecule is Cc1c(Nc2ccc(Br)cc2Cl)c(C(=O)NOCCO)nn(C)c1=O. The normalized spacial score (nSPS) is 10.6. The van der Waals surface area contributed by atoms with E-state index >= 15 is 0 Å². The number of hydrogen-bond donors (Lipinski definition) is 3.